The number of thioether (sulfide) groups is 1. The molecule has 2 heterocycles. The van der Waals surface area contributed by atoms with Crippen LogP contribution in [-0.2, 0) is 32.2 Å². The van der Waals surface area contributed by atoms with Crippen molar-refractivity contribution in [1.29, 1.82) is 0 Å². The van der Waals surface area contributed by atoms with Gasteiger partial charge in [-0.3, -0.25) is 9.59 Å². The molecule has 3 unspecified atom stereocenters. The number of pyridine rings is 1. The zero-order chi connectivity index (χ0) is 37.7. The van der Waals surface area contributed by atoms with Crippen LogP contribution >= 0.6 is 11.8 Å². The third kappa shape index (κ3) is 10.7. The molecule has 11 heteroatoms. The van der Waals surface area contributed by atoms with Crippen molar-refractivity contribution < 1.29 is 28.9 Å². The van der Waals surface area contributed by atoms with E-state index >= 15 is 0 Å². The van der Waals surface area contributed by atoms with Crippen LogP contribution in [0.15, 0.2) is 126 Å². The lowest BCUT2D eigenvalue weighted by Gasteiger charge is -2.36. The first-order valence-corrected chi connectivity index (χ1v) is 19.3. The highest BCUT2D eigenvalue weighted by atomic mass is 32.2. The summed E-state index contributed by atoms with van der Waals surface area (Å²) in [5.41, 5.74) is 12.8. The molecule has 1 aromatic heterocycles. The van der Waals surface area contributed by atoms with Crippen molar-refractivity contribution in [2.24, 2.45) is 0 Å². The number of nitrogens with two attached hydrogens (primary N) is 1. The number of unbranched alkanes of at least 4 members (excludes halogenated alkanes) is 2. The summed E-state index contributed by atoms with van der Waals surface area (Å²) in [6, 6.07) is 36.4. The molecule has 54 heavy (non-hydrogen) atoms. The van der Waals surface area contributed by atoms with Crippen LogP contribution in [0.5, 0.6) is 0 Å². The maximum atomic E-state index is 12.7. The third-order valence-corrected chi connectivity index (χ3v) is 10.5. The smallest absolute Gasteiger partial charge is 0.251 e. The molecule has 0 saturated carbocycles. The predicted octanol–water partition coefficient (Wildman–Crippen LogP) is 7.60. The Morgan fingerprint density at radius 1 is 0.815 bits per heavy atom. The zero-order valence-corrected chi connectivity index (χ0v) is 30.9. The first-order chi connectivity index (χ1) is 26.4. The molecule has 0 bridgehead atoms. The Bertz CT molecular complexity index is 1990. The summed E-state index contributed by atoms with van der Waals surface area (Å²) in [6.45, 7) is 0.369. The number of amides is 2. The molecule has 5 N–H and O–H groups in total. The van der Waals surface area contributed by atoms with E-state index < -0.39 is 6.29 Å². The molecule has 4 aromatic carbocycles. The first-order valence-electron chi connectivity index (χ1n) is 18.3. The number of benzene rings is 4. The van der Waals surface area contributed by atoms with Crippen molar-refractivity contribution in [2.75, 3.05) is 16.8 Å². The summed E-state index contributed by atoms with van der Waals surface area (Å²) in [4.78, 5) is 25.0. The number of aromatic nitrogens is 1. The minimum Gasteiger partial charge on any atom is -0.618 e. The van der Waals surface area contributed by atoms with Crippen molar-refractivity contribution in [3.8, 4) is 11.1 Å². The molecule has 0 aliphatic carbocycles. The lowest BCUT2D eigenvalue weighted by Crippen LogP contribution is -2.32. The highest BCUT2D eigenvalue weighted by Crippen LogP contribution is 2.40. The molecule has 10 nitrogen and oxygen atoms in total. The standard InChI is InChI=1S/C43H46N4O6S/c44-37-12-6-7-13-38(37)46-41(50)15-3-1-2-14-40(49)45-27-34-10-4-5-11-36(34)31-21-23-33(24-22-31)43-52-35(29-54-42-16-8-9-25-47(42)51)26-39(53-43)32-19-17-30(28-48)18-20-32/h4-13,16-25,35,39,43,48H,1-3,14-15,26-29,44H2,(H,45,49)(H,46,50). The second-order valence-corrected chi connectivity index (χ2v) is 14.3. The van der Waals surface area contributed by atoms with Gasteiger partial charge in [0.15, 0.2) is 12.5 Å². The van der Waals surface area contributed by atoms with E-state index in [1.165, 1.54) is 18.0 Å². The highest BCUT2D eigenvalue weighted by molar-refractivity contribution is 7.99. The molecule has 1 aliphatic heterocycles. The molecule has 280 valence electrons. The van der Waals surface area contributed by atoms with E-state index in [2.05, 4.69) is 10.6 Å². The Labute approximate surface area is 320 Å². The number of carbonyl (C=O) groups is 2. The third-order valence-electron chi connectivity index (χ3n) is 9.35. The fraction of sp³-hybridized carbons (Fsp3) is 0.279. The van der Waals surface area contributed by atoms with E-state index in [0.717, 1.165) is 44.5 Å². The molecule has 2 amide bonds. The second-order valence-electron chi connectivity index (χ2n) is 13.3. The second kappa shape index (κ2) is 19.2. The molecule has 6 rings (SSSR count). The molecule has 1 aliphatic rings. The minimum atomic E-state index is -0.623. The van der Waals surface area contributed by atoms with Crippen LogP contribution < -0.4 is 21.1 Å². The Balaban J connectivity index is 1.03. The van der Waals surface area contributed by atoms with Crippen LogP contribution in [0.4, 0.5) is 11.4 Å². The SMILES string of the molecule is Nc1ccccc1NC(=O)CCCCCC(=O)NCc1ccccc1-c1ccc(C2OC(CSc3cccc[n+]3[O-])CC(c3ccc(CO)cc3)O2)cc1. The summed E-state index contributed by atoms with van der Waals surface area (Å²) in [6.07, 6.45) is 3.99. The van der Waals surface area contributed by atoms with Crippen molar-refractivity contribution in [1.82, 2.24) is 5.32 Å². The summed E-state index contributed by atoms with van der Waals surface area (Å²) in [7, 11) is 0. The molecular weight excluding hydrogens is 701 g/mol. The fourth-order valence-electron chi connectivity index (χ4n) is 6.35. The van der Waals surface area contributed by atoms with Crippen LogP contribution in [0.2, 0.25) is 0 Å². The van der Waals surface area contributed by atoms with Crippen molar-refractivity contribution in [2.45, 2.75) is 75.2 Å². The normalized spacial score (nSPS) is 16.8. The van der Waals surface area contributed by atoms with Gasteiger partial charge >= 0.3 is 0 Å². The van der Waals surface area contributed by atoms with Crippen LogP contribution in [0.1, 0.15) is 73.2 Å². The summed E-state index contributed by atoms with van der Waals surface area (Å²) in [5.74, 6) is 0.464. The number of aliphatic hydroxyl groups is 1. The van der Waals surface area contributed by atoms with Crippen molar-refractivity contribution in [3.63, 3.8) is 0 Å². The van der Waals surface area contributed by atoms with Gasteiger partial charge < -0.3 is 36.2 Å². The molecule has 0 radical (unpaired) electrons. The number of ether oxygens (including phenoxy) is 2. The maximum Gasteiger partial charge on any atom is 0.251 e. The number of nitrogen functional groups attached to an aromatic ring is 1. The van der Waals surface area contributed by atoms with Crippen LogP contribution in [0.3, 0.4) is 0 Å². The first kappa shape index (κ1) is 38.5. The monoisotopic (exact) mass is 746 g/mol. The summed E-state index contributed by atoms with van der Waals surface area (Å²) < 4.78 is 13.9. The molecule has 5 aromatic rings. The Morgan fingerprint density at radius 2 is 1.52 bits per heavy atom. The Kier molecular flexibility index (Phi) is 13.7. The number of nitrogens with one attached hydrogen (secondary N) is 2. The van der Waals surface area contributed by atoms with E-state index in [1.807, 2.05) is 91.0 Å². The predicted molar refractivity (Wildman–Crippen MR) is 211 cm³/mol. The number of hydrogen-bond donors (Lipinski definition) is 4. The average Bonchev–Trinajstić information content (AvgIpc) is 3.20. The maximum absolute atomic E-state index is 12.7. The van der Waals surface area contributed by atoms with Crippen molar-refractivity contribution in [3.05, 3.63) is 149 Å². The van der Waals surface area contributed by atoms with Gasteiger partial charge in [0.2, 0.25) is 11.8 Å². The topological polar surface area (TPSA) is 150 Å². The zero-order valence-electron chi connectivity index (χ0n) is 30.1. The van der Waals surface area contributed by atoms with E-state index in [9.17, 15) is 19.9 Å². The fourth-order valence-corrected chi connectivity index (χ4v) is 7.29. The lowest BCUT2D eigenvalue weighted by atomic mass is 9.97. The number of aliphatic hydroxyl groups excluding tert-OH is 1. The number of anilines is 2. The lowest BCUT2D eigenvalue weighted by molar-refractivity contribution is -0.645. The Hall–Kier alpha value is -5.20. The van der Waals surface area contributed by atoms with Crippen LogP contribution in [0.25, 0.3) is 11.1 Å². The van der Waals surface area contributed by atoms with Gasteiger partial charge in [-0.05, 0) is 58.9 Å². The van der Waals surface area contributed by atoms with Crippen LogP contribution in [-0.4, -0.2) is 28.8 Å². The molecule has 0 spiro atoms. The van der Waals surface area contributed by atoms with Gasteiger partial charge in [0.05, 0.1) is 30.2 Å². The molecule has 1 fully saturated rings. The largest absolute Gasteiger partial charge is 0.618 e. The van der Waals surface area contributed by atoms with E-state index in [1.54, 1.807) is 24.3 Å². The van der Waals surface area contributed by atoms with Gasteiger partial charge in [0.25, 0.3) is 5.03 Å². The summed E-state index contributed by atoms with van der Waals surface area (Å²) in [5, 5.41) is 28.3. The van der Waals surface area contributed by atoms with Gasteiger partial charge in [0.1, 0.15) is 0 Å². The number of rotatable bonds is 16. The van der Waals surface area contributed by atoms with E-state index in [-0.39, 0.29) is 30.6 Å². The van der Waals surface area contributed by atoms with E-state index in [0.29, 0.717) is 60.8 Å². The number of nitrogens with zero attached hydrogens (tertiary/aromatic N) is 1. The van der Waals surface area contributed by atoms with Gasteiger partial charge in [-0.1, -0.05) is 103 Å². The van der Waals surface area contributed by atoms with Crippen LogP contribution in [0, 0.1) is 5.21 Å². The minimum absolute atomic E-state index is 0.0273. The number of para-hydroxylation sites is 2. The summed E-state index contributed by atoms with van der Waals surface area (Å²) >= 11 is 1.46. The molecule has 1 saturated heterocycles. The van der Waals surface area contributed by atoms with Gasteiger partial charge in [-0.2, -0.15) is 4.73 Å². The number of hydrogen-bond acceptors (Lipinski definition) is 8. The quantitative estimate of drug-likeness (QED) is 0.0265. The highest BCUT2D eigenvalue weighted by Gasteiger charge is 2.32. The van der Waals surface area contributed by atoms with Gasteiger partial charge in [0, 0.05) is 49.3 Å². The van der Waals surface area contributed by atoms with E-state index in [4.69, 9.17) is 15.2 Å². The average molecular weight is 747 g/mol. The number of carbonyl (C=O) groups excluding carboxylic acids is 2. The Morgan fingerprint density at radius 3 is 2.28 bits per heavy atom. The van der Waals surface area contributed by atoms with Gasteiger partial charge in [-0.25, -0.2) is 0 Å². The molecular formula is C43H46N4O6S. The molecule has 3 atom stereocenters. The van der Waals surface area contributed by atoms with Gasteiger partial charge in [-0.15, -0.1) is 0 Å². The van der Waals surface area contributed by atoms with Crippen molar-refractivity contribution >= 4 is 35.0 Å².